The number of hydrogen-bond acceptors (Lipinski definition) is 8. The number of nitrogens with zero attached hydrogens (tertiary/aromatic N) is 3. The number of carbonyl (C=O) groups excluding carboxylic acids is 1. The Morgan fingerprint density at radius 2 is 1.97 bits per heavy atom. The molecule has 2 unspecified atom stereocenters. The third-order valence-electron chi connectivity index (χ3n) is 4.84. The van der Waals surface area contributed by atoms with Gasteiger partial charge in [-0.3, -0.25) is 4.79 Å². The zero-order chi connectivity index (χ0) is 20.9. The molecule has 3 heterocycles. The first-order chi connectivity index (χ1) is 14.6. The number of hydrogen-bond donors (Lipinski definition) is 4. The van der Waals surface area contributed by atoms with E-state index in [1.54, 1.807) is 30.6 Å². The Balaban J connectivity index is 1.60. The summed E-state index contributed by atoms with van der Waals surface area (Å²) in [4.78, 5) is 25.0. The van der Waals surface area contributed by atoms with Crippen molar-refractivity contribution in [2.24, 2.45) is 11.5 Å². The second kappa shape index (κ2) is 8.85. The molecule has 6 N–H and O–H groups in total. The van der Waals surface area contributed by atoms with E-state index in [-0.39, 0.29) is 17.6 Å². The first-order valence-corrected chi connectivity index (χ1v) is 9.65. The number of benzene rings is 1. The largest absolute Gasteiger partial charge is 0.380 e. The van der Waals surface area contributed by atoms with E-state index in [9.17, 15) is 4.79 Å². The van der Waals surface area contributed by atoms with Crippen molar-refractivity contribution in [1.82, 2.24) is 15.0 Å². The van der Waals surface area contributed by atoms with Gasteiger partial charge in [-0.2, -0.15) is 0 Å². The van der Waals surface area contributed by atoms with Gasteiger partial charge in [0.1, 0.15) is 11.6 Å². The second-order valence-corrected chi connectivity index (χ2v) is 7.01. The molecule has 0 aliphatic carbocycles. The van der Waals surface area contributed by atoms with Crippen LogP contribution < -0.4 is 22.1 Å². The number of primary amides is 1. The predicted octanol–water partition coefficient (Wildman–Crippen LogP) is 1.91. The standard InChI is InChI=1S/C21H23N7O2/c22-16-12-30-10-7-17(16)27-18-6-5-15(19(23)29)21(28-18)26-14-4-1-3-13(11-14)20-24-8-2-9-25-20/h1-6,8-9,11,16-17H,7,10,12,22H2,(H2,23,29)(H2,26,27,28). The highest BCUT2D eigenvalue weighted by molar-refractivity contribution is 5.98. The van der Waals surface area contributed by atoms with E-state index in [2.05, 4.69) is 25.6 Å². The SMILES string of the molecule is NC(=O)c1ccc(NC2CCOCC2N)nc1Nc1cccc(-c2ncccn2)c1. The van der Waals surface area contributed by atoms with Crippen molar-refractivity contribution in [3.8, 4) is 11.4 Å². The van der Waals surface area contributed by atoms with Gasteiger partial charge in [0.25, 0.3) is 5.91 Å². The molecule has 0 saturated carbocycles. The molecule has 1 amide bonds. The first kappa shape index (κ1) is 19.7. The van der Waals surface area contributed by atoms with Crippen molar-refractivity contribution in [3.05, 3.63) is 60.4 Å². The number of amides is 1. The minimum atomic E-state index is -0.568. The third-order valence-corrected chi connectivity index (χ3v) is 4.84. The molecule has 0 radical (unpaired) electrons. The van der Waals surface area contributed by atoms with E-state index in [0.717, 1.165) is 17.7 Å². The quantitative estimate of drug-likeness (QED) is 0.487. The number of pyridine rings is 1. The number of carbonyl (C=O) groups is 1. The summed E-state index contributed by atoms with van der Waals surface area (Å²) in [6.07, 6.45) is 4.15. The zero-order valence-corrected chi connectivity index (χ0v) is 16.3. The number of ether oxygens (including phenoxy) is 1. The van der Waals surface area contributed by atoms with E-state index in [1.165, 1.54) is 0 Å². The van der Waals surface area contributed by atoms with E-state index in [0.29, 0.717) is 30.7 Å². The van der Waals surface area contributed by atoms with Gasteiger partial charge in [0.2, 0.25) is 0 Å². The molecule has 30 heavy (non-hydrogen) atoms. The second-order valence-electron chi connectivity index (χ2n) is 7.01. The van der Waals surface area contributed by atoms with Gasteiger partial charge in [0.05, 0.1) is 12.2 Å². The fourth-order valence-electron chi connectivity index (χ4n) is 3.28. The monoisotopic (exact) mass is 405 g/mol. The van der Waals surface area contributed by atoms with Crippen LogP contribution in [0.2, 0.25) is 0 Å². The van der Waals surface area contributed by atoms with Crippen LogP contribution in [0.4, 0.5) is 17.3 Å². The Kier molecular flexibility index (Phi) is 5.82. The maximum Gasteiger partial charge on any atom is 0.252 e. The van der Waals surface area contributed by atoms with Crippen molar-refractivity contribution in [2.45, 2.75) is 18.5 Å². The molecule has 2 atom stereocenters. The Morgan fingerprint density at radius 3 is 2.73 bits per heavy atom. The lowest BCUT2D eigenvalue weighted by molar-refractivity contribution is 0.0752. The summed E-state index contributed by atoms with van der Waals surface area (Å²) in [7, 11) is 0. The summed E-state index contributed by atoms with van der Waals surface area (Å²) >= 11 is 0. The summed E-state index contributed by atoms with van der Waals surface area (Å²) in [5.41, 5.74) is 13.5. The average Bonchev–Trinajstić information content (AvgIpc) is 2.76. The molecular weight excluding hydrogens is 382 g/mol. The van der Waals surface area contributed by atoms with Gasteiger partial charge in [-0.25, -0.2) is 15.0 Å². The summed E-state index contributed by atoms with van der Waals surface area (Å²) in [6.45, 7) is 1.14. The molecule has 3 aromatic rings. The lowest BCUT2D eigenvalue weighted by Crippen LogP contribution is -2.47. The van der Waals surface area contributed by atoms with E-state index >= 15 is 0 Å². The van der Waals surface area contributed by atoms with Gasteiger partial charge in [0.15, 0.2) is 5.82 Å². The van der Waals surface area contributed by atoms with Crippen molar-refractivity contribution >= 4 is 23.2 Å². The van der Waals surface area contributed by atoms with Gasteiger partial charge in [-0.15, -0.1) is 0 Å². The first-order valence-electron chi connectivity index (χ1n) is 9.65. The molecule has 1 saturated heterocycles. The fraction of sp³-hybridized carbons (Fsp3) is 0.238. The lowest BCUT2D eigenvalue weighted by Gasteiger charge is -2.30. The molecule has 0 bridgehead atoms. The van der Waals surface area contributed by atoms with E-state index in [1.807, 2.05) is 24.3 Å². The van der Waals surface area contributed by atoms with Crippen molar-refractivity contribution < 1.29 is 9.53 Å². The third kappa shape index (κ3) is 4.53. The molecular formula is C21H23N7O2. The topological polar surface area (TPSA) is 141 Å². The molecule has 4 rings (SSSR count). The van der Waals surface area contributed by atoms with Crippen LogP contribution in [-0.2, 0) is 4.74 Å². The zero-order valence-electron chi connectivity index (χ0n) is 16.3. The van der Waals surface area contributed by atoms with Crippen molar-refractivity contribution in [3.63, 3.8) is 0 Å². The summed E-state index contributed by atoms with van der Waals surface area (Å²) < 4.78 is 5.38. The van der Waals surface area contributed by atoms with Crippen LogP contribution in [-0.4, -0.2) is 46.2 Å². The maximum absolute atomic E-state index is 11.9. The number of aromatic nitrogens is 3. The Bertz CT molecular complexity index is 1030. The van der Waals surface area contributed by atoms with Crippen molar-refractivity contribution in [1.29, 1.82) is 0 Å². The van der Waals surface area contributed by atoms with Crippen LogP contribution in [0.15, 0.2) is 54.9 Å². The van der Waals surface area contributed by atoms with Gasteiger partial charge >= 0.3 is 0 Å². The van der Waals surface area contributed by atoms with Crippen LogP contribution in [0.1, 0.15) is 16.8 Å². The van der Waals surface area contributed by atoms with Crippen LogP contribution in [0.25, 0.3) is 11.4 Å². The van der Waals surface area contributed by atoms with Gasteiger partial charge < -0.3 is 26.8 Å². The average molecular weight is 405 g/mol. The number of rotatable bonds is 6. The highest BCUT2D eigenvalue weighted by Gasteiger charge is 2.23. The smallest absolute Gasteiger partial charge is 0.252 e. The Morgan fingerprint density at radius 1 is 1.13 bits per heavy atom. The predicted molar refractivity (Wildman–Crippen MR) is 114 cm³/mol. The molecule has 1 aliphatic heterocycles. The molecule has 154 valence electrons. The Hall–Kier alpha value is -3.56. The molecule has 0 spiro atoms. The van der Waals surface area contributed by atoms with Crippen LogP contribution in [0.5, 0.6) is 0 Å². The van der Waals surface area contributed by atoms with Crippen LogP contribution in [0.3, 0.4) is 0 Å². The number of anilines is 3. The highest BCUT2D eigenvalue weighted by Crippen LogP contribution is 2.25. The van der Waals surface area contributed by atoms with Crippen LogP contribution >= 0.6 is 0 Å². The molecule has 1 aromatic carbocycles. The molecule has 9 nitrogen and oxygen atoms in total. The minimum absolute atomic E-state index is 0.0390. The van der Waals surface area contributed by atoms with Gasteiger partial charge in [-0.05, 0) is 36.8 Å². The summed E-state index contributed by atoms with van der Waals surface area (Å²) in [5.74, 6) is 1.00. The number of nitrogens with two attached hydrogens (primary N) is 2. The number of nitrogens with one attached hydrogen (secondary N) is 2. The van der Waals surface area contributed by atoms with Gasteiger partial charge in [0, 0.05) is 42.3 Å². The van der Waals surface area contributed by atoms with Gasteiger partial charge in [-0.1, -0.05) is 12.1 Å². The molecule has 2 aromatic heterocycles. The van der Waals surface area contributed by atoms with E-state index in [4.69, 9.17) is 16.2 Å². The Labute approximate surface area is 173 Å². The summed E-state index contributed by atoms with van der Waals surface area (Å²) in [6, 6.07) is 12.6. The van der Waals surface area contributed by atoms with Crippen LogP contribution in [0, 0.1) is 0 Å². The molecule has 1 fully saturated rings. The van der Waals surface area contributed by atoms with Crippen molar-refractivity contribution in [2.75, 3.05) is 23.8 Å². The molecule has 1 aliphatic rings. The normalized spacial score (nSPS) is 18.6. The highest BCUT2D eigenvalue weighted by atomic mass is 16.5. The van der Waals surface area contributed by atoms with E-state index < -0.39 is 5.91 Å². The molecule has 9 heteroatoms. The summed E-state index contributed by atoms with van der Waals surface area (Å²) in [5, 5.41) is 6.52. The minimum Gasteiger partial charge on any atom is -0.380 e. The fourth-order valence-corrected chi connectivity index (χ4v) is 3.28. The maximum atomic E-state index is 11.9. The lowest BCUT2D eigenvalue weighted by atomic mass is 10.0.